The van der Waals surface area contributed by atoms with Crippen molar-refractivity contribution in [2.24, 2.45) is 0 Å². The first-order valence-electron chi connectivity index (χ1n) is 5.75. The van der Waals surface area contributed by atoms with Crippen LogP contribution in [0.15, 0.2) is 4.52 Å². The predicted octanol–water partition coefficient (Wildman–Crippen LogP) is -0.0738. The molecule has 19 heavy (non-hydrogen) atoms. The van der Waals surface area contributed by atoms with Gasteiger partial charge in [0, 0.05) is 25.1 Å². The first kappa shape index (κ1) is 15.0. The van der Waals surface area contributed by atoms with Gasteiger partial charge < -0.3 is 25.4 Å². The van der Waals surface area contributed by atoms with E-state index in [1.54, 1.807) is 13.8 Å². The third kappa shape index (κ3) is 4.25. The van der Waals surface area contributed by atoms with Crippen LogP contribution in [0.3, 0.4) is 0 Å². The highest BCUT2D eigenvalue weighted by Gasteiger charge is 2.19. The minimum Gasteiger partial charge on any atom is -0.480 e. The van der Waals surface area contributed by atoms with Gasteiger partial charge in [-0.15, -0.1) is 0 Å². The van der Waals surface area contributed by atoms with Crippen molar-refractivity contribution in [3.05, 3.63) is 17.0 Å². The number of carbonyl (C=O) groups is 2. The van der Waals surface area contributed by atoms with E-state index < -0.39 is 18.0 Å². The summed E-state index contributed by atoms with van der Waals surface area (Å²) in [6.45, 7) is 3.34. The summed E-state index contributed by atoms with van der Waals surface area (Å²) in [6, 6.07) is -1.74. The lowest BCUT2D eigenvalue weighted by atomic mass is 10.2. The van der Waals surface area contributed by atoms with Gasteiger partial charge in [-0.25, -0.2) is 9.59 Å². The lowest BCUT2D eigenvalue weighted by Gasteiger charge is -2.13. The summed E-state index contributed by atoms with van der Waals surface area (Å²) in [5.41, 5.74) is 1.42. The quantitative estimate of drug-likeness (QED) is 0.574. The van der Waals surface area contributed by atoms with Crippen molar-refractivity contribution in [3.63, 3.8) is 0 Å². The van der Waals surface area contributed by atoms with E-state index in [-0.39, 0.29) is 19.6 Å². The van der Waals surface area contributed by atoms with Crippen LogP contribution in [0.2, 0.25) is 0 Å². The smallest absolute Gasteiger partial charge is 0.326 e. The maximum atomic E-state index is 11.5. The highest BCUT2D eigenvalue weighted by Crippen LogP contribution is 2.11. The molecular formula is C11H17N3O5. The Kier molecular flexibility index (Phi) is 5.31. The van der Waals surface area contributed by atoms with Crippen LogP contribution in [0.4, 0.5) is 4.79 Å². The van der Waals surface area contributed by atoms with Crippen molar-refractivity contribution >= 4 is 12.0 Å². The molecule has 4 N–H and O–H groups in total. The Labute approximate surface area is 109 Å². The second kappa shape index (κ2) is 6.74. The molecule has 2 amide bonds. The van der Waals surface area contributed by atoms with E-state index in [4.69, 9.17) is 14.7 Å². The molecule has 0 fully saturated rings. The number of nitrogens with zero attached hydrogens (tertiary/aromatic N) is 1. The van der Waals surface area contributed by atoms with Gasteiger partial charge in [-0.05, 0) is 13.8 Å². The molecule has 0 aromatic carbocycles. The standard InChI is InChI=1S/C11H17N3O5/c1-6-8(7(2)19-14-6)5-12-11(18)13-9(3-4-15)10(16)17/h9,15H,3-5H2,1-2H3,(H,16,17)(H2,12,13,18)/t9-/m0/s1. The third-order valence-electron chi connectivity index (χ3n) is 2.63. The molecule has 0 aliphatic carbocycles. The summed E-state index contributed by atoms with van der Waals surface area (Å²) in [4.78, 5) is 22.3. The summed E-state index contributed by atoms with van der Waals surface area (Å²) in [5, 5.41) is 26.0. The van der Waals surface area contributed by atoms with E-state index in [9.17, 15) is 9.59 Å². The van der Waals surface area contributed by atoms with Crippen molar-refractivity contribution in [1.29, 1.82) is 0 Å². The van der Waals surface area contributed by atoms with Gasteiger partial charge in [0.2, 0.25) is 0 Å². The number of nitrogens with one attached hydrogen (secondary N) is 2. The number of carbonyl (C=O) groups excluding carboxylic acids is 1. The second-order valence-corrected chi connectivity index (χ2v) is 4.03. The zero-order chi connectivity index (χ0) is 14.4. The normalized spacial score (nSPS) is 11.9. The van der Waals surface area contributed by atoms with E-state index in [2.05, 4.69) is 15.8 Å². The van der Waals surface area contributed by atoms with Crippen LogP contribution in [0, 0.1) is 13.8 Å². The van der Waals surface area contributed by atoms with Crippen LogP contribution < -0.4 is 10.6 Å². The van der Waals surface area contributed by atoms with Gasteiger partial charge in [-0.1, -0.05) is 5.16 Å². The number of carboxylic acids is 1. The van der Waals surface area contributed by atoms with Gasteiger partial charge in [0.15, 0.2) is 0 Å². The average Bonchev–Trinajstić information content (AvgIpc) is 2.66. The fourth-order valence-corrected chi connectivity index (χ4v) is 1.52. The Morgan fingerprint density at radius 2 is 2.11 bits per heavy atom. The summed E-state index contributed by atoms with van der Waals surface area (Å²) < 4.78 is 4.94. The fourth-order valence-electron chi connectivity index (χ4n) is 1.52. The van der Waals surface area contributed by atoms with Crippen LogP contribution >= 0.6 is 0 Å². The number of urea groups is 1. The van der Waals surface area contributed by atoms with Crippen molar-refractivity contribution in [3.8, 4) is 0 Å². The molecule has 1 aromatic rings. The number of aliphatic hydroxyl groups is 1. The Bertz CT molecular complexity index is 438. The Hall–Kier alpha value is -2.09. The fraction of sp³-hybridized carbons (Fsp3) is 0.545. The number of aliphatic hydroxyl groups excluding tert-OH is 1. The highest BCUT2D eigenvalue weighted by molar-refractivity contribution is 5.82. The zero-order valence-corrected chi connectivity index (χ0v) is 10.8. The number of aliphatic carboxylic acids is 1. The molecule has 1 heterocycles. The minimum absolute atomic E-state index is 0.0475. The number of rotatable bonds is 6. The Balaban J connectivity index is 2.49. The number of amides is 2. The number of hydrogen-bond donors (Lipinski definition) is 4. The van der Waals surface area contributed by atoms with Crippen LogP contribution in [0.5, 0.6) is 0 Å². The van der Waals surface area contributed by atoms with Gasteiger partial charge in [0.1, 0.15) is 11.8 Å². The van der Waals surface area contributed by atoms with Crippen molar-refractivity contribution < 1.29 is 24.3 Å². The Morgan fingerprint density at radius 3 is 2.58 bits per heavy atom. The molecule has 0 saturated heterocycles. The summed E-state index contributed by atoms with van der Waals surface area (Å²) in [6.07, 6.45) is -0.0475. The van der Waals surface area contributed by atoms with Crippen molar-refractivity contribution in [2.45, 2.75) is 32.9 Å². The molecule has 0 saturated carbocycles. The van der Waals surface area contributed by atoms with Gasteiger partial charge in [-0.3, -0.25) is 0 Å². The molecule has 1 aromatic heterocycles. The van der Waals surface area contributed by atoms with Crippen LogP contribution in [-0.4, -0.2) is 40.0 Å². The maximum Gasteiger partial charge on any atom is 0.326 e. The highest BCUT2D eigenvalue weighted by atomic mass is 16.5. The first-order chi connectivity index (χ1) is 8.95. The molecular weight excluding hydrogens is 254 g/mol. The monoisotopic (exact) mass is 271 g/mol. The molecule has 8 nitrogen and oxygen atoms in total. The minimum atomic E-state index is -1.19. The first-order valence-corrected chi connectivity index (χ1v) is 5.75. The molecule has 1 atom stereocenters. The maximum absolute atomic E-state index is 11.5. The zero-order valence-electron chi connectivity index (χ0n) is 10.8. The third-order valence-corrected chi connectivity index (χ3v) is 2.63. The van der Waals surface area contributed by atoms with Gasteiger partial charge in [0.25, 0.3) is 0 Å². The molecule has 0 unspecified atom stereocenters. The summed E-state index contributed by atoms with van der Waals surface area (Å²) in [5.74, 6) is -0.593. The molecule has 0 bridgehead atoms. The number of hydrogen-bond acceptors (Lipinski definition) is 5. The summed E-state index contributed by atoms with van der Waals surface area (Å²) >= 11 is 0. The van der Waals surface area contributed by atoms with Gasteiger partial charge in [-0.2, -0.15) is 0 Å². The van der Waals surface area contributed by atoms with Gasteiger partial charge in [0.05, 0.1) is 5.69 Å². The molecule has 8 heteroatoms. The second-order valence-electron chi connectivity index (χ2n) is 4.03. The van der Waals surface area contributed by atoms with E-state index in [1.807, 2.05) is 0 Å². The molecule has 0 spiro atoms. The van der Waals surface area contributed by atoms with E-state index in [0.29, 0.717) is 11.5 Å². The number of carboxylic acid groups (broad SMARTS) is 1. The summed E-state index contributed by atoms with van der Waals surface area (Å²) in [7, 11) is 0. The lowest BCUT2D eigenvalue weighted by Crippen LogP contribution is -2.46. The Morgan fingerprint density at radius 1 is 1.42 bits per heavy atom. The molecule has 106 valence electrons. The van der Waals surface area contributed by atoms with Crippen LogP contribution in [-0.2, 0) is 11.3 Å². The topological polar surface area (TPSA) is 125 Å². The molecule has 1 rings (SSSR count). The van der Waals surface area contributed by atoms with Crippen LogP contribution in [0.1, 0.15) is 23.4 Å². The average molecular weight is 271 g/mol. The van der Waals surface area contributed by atoms with E-state index >= 15 is 0 Å². The van der Waals surface area contributed by atoms with E-state index in [1.165, 1.54) is 0 Å². The molecule has 0 aliphatic heterocycles. The molecule has 0 aliphatic rings. The SMILES string of the molecule is Cc1noc(C)c1CNC(=O)N[C@@H](CCO)C(=O)O. The van der Waals surface area contributed by atoms with Crippen molar-refractivity contribution in [2.75, 3.05) is 6.61 Å². The van der Waals surface area contributed by atoms with Crippen LogP contribution in [0.25, 0.3) is 0 Å². The number of aromatic nitrogens is 1. The molecule has 0 radical (unpaired) electrons. The lowest BCUT2D eigenvalue weighted by molar-refractivity contribution is -0.139. The predicted molar refractivity (Wildman–Crippen MR) is 64.5 cm³/mol. The number of aryl methyl sites for hydroxylation is 2. The van der Waals surface area contributed by atoms with Crippen molar-refractivity contribution in [1.82, 2.24) is 15.8 Å². The largest absolute Gasteiger partial charge is 0.480 e. The van der Waals surface area contributed by atoms with Gasteiger partial charge >= 0.3 is 12.0 Å². The van der Waals surface area contributed by atoms with E-state index in [0.717, 1.165) is 5.56 Å².